The van der Waals surface area contributed by atoms with Gasteiger partial charge in [0.15, 0.2) is 0 Å². The molecule has 4 aromatic rings. The molecule has 1 aliphatic heterocycles. The number of aromatic amines is 1. The lowest BCUT2D eigenvalue weighted by molar-refractivity contribution is 0.190. The average Bonchev–Trinajstić information content (AvgIpc) is 3.48. The fourth-order valence-corrected chi connectivity index (χ4v) is 4.66. The van der Waals surface area contributed by atoms with Gasteiger partial charge in [0.05, 0.1) is 23.5 Å². The number of aryl methyl sites for hydroxylation is 3. The third-order valence-corrected chi connectivity index (χ3v) is 6.14. The molecule has 30 heavy (non-hydrogen) atoms. The number of rotatable bonds is 6. The number of fused-ring (bicyclic) bond motifs is 3. The molecule has 4 aromatic heterocycles. The van der Waals surface area contributed by atoms with Crippen molar-refractivity contribution in [2.75, 3.05) is 19.6 Å². The van der Waals surface area contributed by atoms with Gasteiger partial charge in [0, 0.05) is 63.3 Å². The number of aromatic nitrogens is 6. The summed E-state index contributed by atoms with van der Waals surface area (Å²) in [7, 11) is 1.95. The van der Waals surface area contributed by atoms with Crippen molar-refractivity contribution in [1.82, 2.24) is 34.2 Å². The Balaban J connectivity index is 1.49. The molecule has 5 rings (SSSR count). The molecule has 0 unspecified atom stereocenters. The van der Waals surface area contributed by atoms with Crippen LogP contribution in [0.15, 0.2) is 30.7 Å². The van der Waals surface area contributed by atoms with Crippen LogP contribution in [0.5, 0.6) is 0 Å². The molecule has 8 nitrogen and oxygen atoms in total. The van der Waals surface area contributed by atoms with Crippen LogP contribution in [0.2, 0.25) is 0 Å². The summed E-state index contributed by atoms with van der Waals surface area (Å²) in [5.41, 5.74) is 4.15. The molecule has 1 saturated heterocycles. The third kappa shape index (κ3) is 3.46. The summed E-state index contributed by atoms with van der Waals surface area (Å²) >= 11 is 0. The molecule has 0 spiro atoms. The lowest BCUT2D eigenvalue weighted by atomic mass is 10.0. The van der Waals surface area contributed by atoms with Gasteiger partial charge < -0.3 is 14.5 Å². The highest BCUT2D eigenvalue weighted by Crippen LogP contribution is 2.32. The first-order valence-electron chi connectivity index (χ1n) is 10.6. The van der Waals surface area contributed by atoms with Gasteiger partial charge in [-0.2, -0.15) is 10.4 Å². The van der Waals surface area contributed by atoms with E-state index in [1.165, 1.54) is 5.52 Å². The van der Waals surface area contributed by atoms with Gasteiger partial charge in [0.25, 0.3) is 0 Å². The molecule has 1 aliphatic rings. The first-order valence-corrected chi connectivity index (χ1v) is 10.6. The minimum atomic E-state index is 0.410. The van der Waals surface area contributed by atoms with Crippen LogP contribution in [0, 0.1) is 11.3 Å². The Kier molecular flexibility index (Phi) is 4.97. The van der Waals surface area contributed by atoms with E-state index in [9.17, 15) is 0 Å². The number of piperidine rings is 1. The SMILES string of the molecule is Cn1ccc(CCc2nc3cnc4[nH]ccc4c3n2C2CCN(CCC#N)CC2)n1. The van der Waals surface area contributed by atoms with Crippen molar-refractivity contribution in [3.05, 3.63) is 42.2 Å². The van der Waals surface area contributed by atoms with Crippen molar-refractivity contribution in [3.63, 3.8) is 0 Å². The Bertz CT molecular complexity index is 1200. The van der Waals surface area contributed by atoms with Gasteiger partial charge in [0.2, 0.25) is 0 Å². The molecule has 0 atom stereocenters. The van der Waals surface area contributed by atoms with E-state index in [1.54, 1.807) is 0 Å². The van der Waals surface area contributed by atoms with Gasteiger partial charge in [-0.3, -0.25) is 4.68 Å². The largest absolute Gasteiger partial charge is 0.346 e. The first-order chi connectivity index (χ1) is 14.7. The van der Waals surface area contributed by atoms with Crippen molar-refractivity contribution in [1.29, 1.82) is 5.26 Å². The van der Waals surface area contributed by atoms with Crippen LogP contribution in [0.25, 0.3) is 22.1 Å². The van der Waals surface area contributed by atoms with Crippen LogP contribution < -0.4 is 0 Å². The molecular weight excluding hydrogens is 376 g/mol. The molecule has 0 bridgehead atoms. The van der Waals surface area contributed by atoms with Gasteiger partial charge in [-0.05, 0) is 31.4 Å². The average molecular weight is 403 g/mol. The van der Waals surface area contributed by atoms with E-state index < -0.39 is 0 Å². The molecule has 8 heteroatoms. The van der Waals surface area contributed by atoms with E-state index in [4.69, 9.17) is 10.2 Å². The number of likely N-dealkylation sites (tertiary alicyclic amines) is 1. The topological polar surface area (TPSA) is 91.4 Å². The molecule has 1 fully saturated rings. The molecular formula is C22H26N8. The Morgan fingerprint density at radius 3 is 2.87 bits per heavy atom. The van der Waals surface area contributed by atoms with Crippen LogP contribution in [-0.2, 0) is 19.9 Å². The highest BCUT2D eigenvalue weighted by Gasteiger charge is 2.25. The highest BCUT2D eigenvalue weighted by atomic mass is 15.2. The van der Waals surface area contributed by atoms with Gasteiger partial charge in [-0.1, -0.05) is 0 Å². The maximum absolute atomic E-state index is 8.88. The zero-order valence-electron chi connectivity index (χ0n) is 17.3. The number of nitriles is 1. The maximum Gasteiger partial charge on any atom is 0.139 e. The fourth-order valence-electron chi connectivity index (χ4n) is 4.66. The van der Waals surface area contributed by atoms with Crippen molar-refractivity contribution >= 4 is 22.1 Å². The molecule has 0 saturated carbocycles. The number of nitrogens with one attached hydrogen (secondary N) is 1. The molecule has 5 heterocycles. The van der Waals surface area contributed by atoms with Crippen LogP contribution >= 0.6 is 0 Å². The zero-order valence-corrected chi connectivity index (χ0v) is 17.3. The molecule has 154 valence electrons. The van der Waals surface area contributed by atoms with E-state index >= 15 is 0 Å². The van der Waals surface area contributed by atoms with E-state index in [2.05, 4.69) is 42.7 Å². The summed E-state index contributed by atoms with van der Waals surface area (Å²) in [5.74, 6) is 1.11. The van der Waals surface area contributed by atoms with Gasteiger partial charge in [-0.15, -0.1) is 0 Å². The summed E-state index contributed by atoms with van der Waals surface area (Å²) in [6.45, 7) is 2.91. The molecule has 0 amide bonds. The van der Waals surface area contributed by atoms with Crippen molar-refractivity contribution < 1.29 is 0 Å². The highest BCUT2D eigenvalue weighted by molar-refractivity contribution is 6.01. The van der Waals surface area contributed by atoms with Crippen molar-refractivity contribution in [2.24, 2.45) is 7.05 Å². The van der Waals surface area contributed by atoms with Crippen molar-refractivity contribution in [2.45, 2.75) is 38.1 Å². The quantitative estimate of drug-likeness (QED) is 0.535. The van der Waals surface area contributed by atoms with Crippen LogP contribution in [0.3, 0.4) is 0 Å². The zero-order chi connectivity index (χ0) is 20.5. The second kappa shape index (κ2) is 7.92. The minimum Gasteiger partial charge on any atom is -0.346 e. The van der Waals surface area contributed by atoms with Gasteiger partial charge in [0.1, 0.15) is 17.0 Å². The Morgan fingerprint density at radius 1 is 1.23 bits per heavy atom. The second-order valence-corrected chi connectivity index (χ2v) is 8.09. The summed E-state index contributed by atoms with van der Waals surface area (Å²) in [6, 6.07) is 6.85. The summed E-state index contributed by atoms with van der Waals surface area (Å²) < 4.78 is 4.32. The van der Waals surface area contributed by atoms with Crippen molar-refractivity contribution in [3.8, 4) is 6.07 Å². The number of H-pyrrole nitrogens is 1. The predicted molar refractivity (Wildman–Crippen MR) is 115 cm³/mol. The molecule has 0 radical (unpaired) electrons. The Labute approximate surface area is 175 Å². The smallest absolute Gasteiger partial charge is 0.139 e. The number of imidazole rings is 1. The van der Waals surface area contributed by atoms with Gasteiger partial charge >= 0.3 is 0 Å². The first kappa shape index (κ1) is 18.8. The van der Waals surface area contributed by atoms with Crippen LogP contribution in [-0.4, -0.2) is 53.8 Å². The summed E-state index contributed by atoms with van der Waals surface area (Å²) in [6.07, 6.45) is 10.3. The number of nitrogens with zero attached hydrogens (tertiary/aromatic N) is 7. The molecule has 1 N–H and O–H groups in total. The predicted octanol–water partition coefficient (Wildman–Crippen LogP) is 2.98. The standard InChI is InChI=1S/C22H26N8/c1-28-12-6-16(27-28)3-4-20-26-19-15-25-22-18(5-10-24-22)21(19)30(20)17-7-13-29(14-8-17)11-2-9-23/h5-6,10,12,15,17H,2-4,7-8,11,13-14H2,1H3,(H,24,25). The number of hydrogen-bond donors (Lipinski definition) is 1. The summed E-state index contributed by atoms with van der Waals surface area (Å²) in [4.78, 5) is 15.2. The Hall–Kier alpha value is -3.18. The van der Waals surface area contributed by atoms with E-state index in [0.717, 1.165) is 73.4 Å². The lowest BCUT2D eigenvalue weighted by Gasteiger charge is -2.33. The molecule has 0 aromatic carbocycles. The van der Waals surface area contributed by atoms with E-state index in [-0.39, 0.29) is 0 Å². The normalized spacial score (nSPS) is 15.9. The minimum absolute atomic E-state index is 0.410. The molecule has 0 aliphatic carbocycles. The number of hydrogen-bond acceptors (Lipinski definition) is 5. The van der Waals surface area contributed by atoms with Crippen LogP contribution in [0.4, 0.5) is 0 Å². The van der Waals surface area contributed by atoms with E-state index in [0.29, 0.717) is 12.5 Å². The van der Waals surface area contributed by atoms with Gasteiger partial charge in [-0.25, -0.2) is 9.97 Å². The monoisotopic (exact) mass is 402 g/mol. The van der Waals surface area contributed by atoms with Crippen LogP contribution in [0.1, 0.15) is 36.8 Å². The fraction of sp³-hybridized carbons (Fsp3) is 0.455. The third-order valence-electron chi connectivity index (χ3n) is 6.14. The van der Waals surface area contributed by atoms with E-state index in [1.807, 2.05) is 30.3 Å². The maximum atomic E-state index is 8.88. The summed E-state index contributed by atoms with van der Waals surface area (Å²) in [5, 5.41) is 14.6. The Morgan fingerprint density at radius 2 is 2.10 bits per heavy atom. The lowest BCUT2D eigenvalue weighted by Crippen LogP contribution is -2.35. The number of pyridine rings is 1. The second-order valence-electron chi connectivity index (χ2n) is 8.09.